The van der Waals surface area contributed by atoms with Gasteiger partial charge >= 0.3 is 0 Å². The molecule has 16 heavy (non-hydrogen) atoms. The minimum Gasteiger partial charge on any atom is -0.493 e. The van der Waals surface area contributed by atoms with Crippen LogP contribution in [0.2, 0.25) is 0 Å². The molecule has 0 saturated heterocycles. The number of hydrogen-bond donors (Lipinski definition) is 0. The molecule has 2 heteroatoms. The first-order valence-corrected chi connectivity index (χ1v) is 6.03. The molecule has 0 N–H and O–H groups in total. The third-order valence-corrected chi connectivity index (χ3v) is 2.78. The molecule has 2 nitrogen and oxygen atoms in total. The summed E-state index contributed by atoms with van der Waals surface area (Å²) in [6, 6.07) is 6.08. The van der Waals surface area contributed by atoms with Crippen LogP contribution < -0.4 is 9.47 Å². The SMILES string of the molecule is CCCCCCc1cccc(OC)c1OC. The molecule has 0 amide bonds. The molecule has 0 spiro atoms. The standard InChI is InChI=1S/C14H22O2/c1-4-5-6-7-9-12-10-8-11-13(15-2)14(12)16-3/h8,10-11H,4-7,9H2,1-3H3. The topological polar surface area (TPSA) is 18.5 Å². The van der Waals surface area contributed by atoms with Crippen LogP contribution in [0.4, 0.5) is 0 Å². The Labute approximate surface area is 98.6 Å². The maximum atomic E-state index is 5.40. The zero-order valence-corrected chi connectivity index (χ0v) is 10.6. The van der Waals surface area contributed by atoms with Crippen molar-refractivity contribution >= 4 is 0 Å². The van der Waals surface area contributed by atoms with Crippen LogP contribution in [-0.4, -0.2) is 14.2 Å². The molecule has 0 bridgehead atoms. The molecule has 1 aromatic carbocycles. The van der Waals surface area contributed by atoms with Crippen molar-refractivity contribution in [3.05, 3.63) is 23.8 Å². The average molecular weight is 222 g/mol. The first kappa shape index (κ1) is 12.9. The van der Waals surface area contributed by atoms with E-state index in [1.165, 1.54) is 31.2 Å². The Kier molecular flexibility index (Phi) is 5.76. The van der Waals surface area contributed by atoms with Gasteiger partial charge < -0.3 is 9.47 Å². The van der Waals surface area contributed by atoms with Crippen LogP contribution >= 0.6 is 0 Å². The summed E-state index contributed by atoms with van der Waals surface area (Å²) in [5, 5.41) is 0. The minimum absolute atomic E-state index is 0.829. The van der Waals surface area contributed by atoms with Crippen molar-refractivity contribution in [2.75, 3.05) is 14.2 Å². The fraction of sp³-hybridized carbons (Fsp3) is 0.571. The molecular weight excluding hydrogens is 200 g/mol. The summed E-state index contributed by atoms with van der Waals surface area (Å²) in [5.41, 5.74) is 1.25. The van der Waals surface area contributed by atoms with E-state index in [2.05, 4.69) is 13.0 Å². The van der Waals surface area contributed by atoms with E-state index >= 15 is 0 Å². The fourth-order valence-corrected chi connectivity index (χ4v) is 1.89. The molecule has 0 unspecified atom stereocenters. The van der Waals surface area contributed by atoms with Gasteiger partial charge in [-0.25, -0.2) is 0 Å². The lowest BCUT2D eigenvalue weighted by atomic mass is 10.0. The number of benzene rings is 1. The van der Waals surface area contributed by atoms with Gasteiger partial charge in [0, 0.05) is 0 Å². The van der Waals surface area contributed by atoms with Gasteiger partial charge in [-0.05, 0) is 24.5 Å². The molecule has 90 valence electrons. The zero-order chi connectivity index (χ0) is 11.8. The number of ether oxygens (including phenoxy) is 2. The smallest absolute Gasteiger partial charge is 0.163 e. The number of unbranched alkanes of at least 4 members (excludes halogenated alkanes) is 3. The average Bonchev–Trinajstić information content (AvgIpc) is 2.34. The molecule has 0 heterocycles. The van der Waals surface area contributed by atoms with E-state index in [0.717, 1.165) is 17.9 Å². The highest BCUT2D eigenvalue weighted by atomic mass is 16.5. The molecule has 0 fully saturated rings. The summed E-state index contributed by atoms with van der Waals surface area (Å²) in [6.07, 6.45) is 6.16. The van der Waals surface area contributed by atoms with E-state index in [4.69, 9.17) is 9.47 Å². The van der Waals surface area contributed by atoms with Crippen molar-refractivity contribution < 1.29 is 9.47 Å². The highest BCUT2D eigenvalue weighted by Gasteiger charge is 2.08. The molecule has 0 atom stereocenters. The summed E-state index contributed by atoms with van der Waals surface area (Å²) in [5.74, 6) is 1.72. The van der Waals surface area contributed by atoms with E-state index in [0.29, 0.717) is 0 Å². The van der Waals surface area contributed by atoms with Crippen LogP contribution in [0.5, 0.6) is 11.5 Å². The lowest BCUT2D eigenvalue weighted by Gasteiger charge is -2.12. The lowest BCUT2D eigenvalue weighted by molar-refractivity contribution is 0.351. The van der Waals surface area contributed by atoms with E-state index in [9.17, 15) is 0 Å². The number of rotatable bonds is 7. The van der Waals surface area contributed by atoms with Gasteiger partial charge in [0.2, 0.25) is 0 Å². The van der Waals surface area contributed by atoms with Crippen molar-refractivity contribution in [2.24, 2.45) is 0 Å². The Morgan fingerprint density at radius 1 is 1.00 bits per heavy atom. The fourth-order valence-electron chi connectivity index (χ4n) is 1.89. The van der Waals surface area contributed by atoms with Crippen molar-refractivity contribution in [1.82, 2.24) is 0 Å². The molecule has 0 saturated carbocycles. The molecular formula is C14H22O2. The van der Waals surface area contributed by atoms with Gasteiger partial charge in [0.25, 0.3) is 0 Å². The van der Waals surface area contributed by atoms with Gasteiger partial charge in [0.1, 0.15) is 0 Å². The van der Waals surface area contributed by atoms with Crippen LogP contribution in [0.3, 0.4) is 0 Å². The maximum absolute atomic E-state index is 5.40. The van der Waals surface area contributed by atoms with Crippen molar-refractivity contribution in [3.63, 3.8) is 0 Å². The van der Waals surface area contributed by atoms with Gasteiger partial charge in [-0.2, -0.15) is 0 Å². The van der Waals surface area contributed by atoms with Crippen LogP contribution in [0.25, 0.3) is 0 Å². The predicted octanol–water partition coefficient (Wildman–Crippen LogP) is 3.83. The third kappa shape index (κ3) is 3.44. The molecule has 0 aromatic heterocycles. The van der Waals surface area contributed by atoms with Gasteiger partial charge in [-0.1, -0.05) is 38.3 Å². The molecule has 1 aromatic rings. The largest absolute Gasteiger partial charge is 0.493 e. The molecule has 0 aliphatic rings. The minimum atomic E-state index is 0.829. The second kappa shape index (κ2) is 7.15. The molecule has 0 aliphatic heterocycles. The normalized spacial score (nSPS) is 10.2. The number of hydrogen-bond acceptors (Lipinski definition) is 2. The van der Waals surface area contributed by atoms with E-state index < -0.39 is 0 Å². The van der Waals surface area contributed by atoms with Crippen LogP contribution in [0, 0.1) is 0 Å². The Morgan fingerprint density at radius 2 is 1.81 bits per heavy atom. The Balaban J connectivity index is 2.63. The van der Waals surface area contributed by atoms with Crippen LogP contribution in [-0.2, 0) is 6.42 Å². The van der Waals surface area contributed by atoms with Crippen LogP contribution in [0.1, 0.15) is 38.2 Å². The number of aryl methyl sites for hydroxylation is 1. The first-order chi connectivity index (χ1) is 7.83. The summed E-state index contributed by atoms with van der Waals surface area (Å²) < 4.78 is 10.7. The van der Waals surface area contributed by atoms with E-state index in [1.807, 2.05) is 12.1 Å². The Bertz CT molecular complexity index is 308. The Hall–Kier alpha value is -1.18. The second-order valence-corrected chi connectivity index (χ2v) is 3.96. The lowest BCUT2D eigenvalue weighted by Crippen LogP contribution is -1.96. The number of methoxy groups -OCH3 is 2. The second-order valence-electron chi connectivity index (χ2n) is 3.96. The van der Waals surface area contributed by atoms with Gasteiger partial charge in [0.05, 0.1) is 14.2 Å². The monoisotopic (exact) mass is 222 g/mol. The first-order valence-electron chi connectivity index (χ1n) is 6.03. The molecule has 0 radical (unpaired) electrons. The van der Waals surface area contributed by atoms with Gasteiger partial charge in [0.15, 0.2) is 11.5 Å². The van der Waals surface area contributed by atoms with E-state index in [1.54, 1.807) is 14.2 Å². The quantitative estimate of drug-likeness (QED) is 0.653. The zero-order valence-electron chi connectivity index (χ0n) is 10.6. The van der Waals surface area contributed by atoms with Crippen molar-refractivity contribution in [3.8, 4) is 11.5 Å². The summed E-state index contributed by atoms with van der Waals surface area (Å²) in [7, 11) is 3.38. The summed E-state index contributed by atoms with van der Waals surface area (Å²) in [4.78, 5) is 0. The Morgan fingerprint density at radius 3 is 2.44 bits per heavy atom. The predicted molar refractivity (Wildman–Crippen MR) is 67.4 cm³/mol. The van der Waals surface area contributed by atoms with Crippen molar-refractivity contribution in [2.45, 2.75) is 39.0 Å². The van der Waals surface area contributed by atoms with Gasteiger partial charge in [-0.3, -0.25) is 0 Å². The highest BCUT2D eigenvalue weighted by Crippen LogP contribution is 2.31. The molecule has 1 rings (SSSR count). The third-order valence-electron chi connectivity index (χ3n) is 2.78. The number of para-hydroxylation sites is 1. The summed E-state index contributed by atoms with van der Waals surface area (Å²) in [6.45, 7) is 2.23. The van der Waals surface area contributed by atoms with E-state index in [-0.39, 0.29) is 0 Å². The maximum Gasteiger partial charge on any atom is 0.163 e. The molecule has 0 aliphatic carbocycles. The summed E-state index contributed by atoms with van der Waals surface area (Å²) >= 11 is 0. The van der Waals surface area contributed by atoms with Crippen LogP contribution in [0.15, 0.2) is 18.2 Å². The van der Waals surface area contributed by atoms with Gasteiger partial charge in [-0.15, -0.1) is 0 Å². The van der Waals surface area contributed by atoms with Crippen molar-refractivity contribution in [1.29, 1.82) is 0 Å². The highest BCUT2D eigenvalue weighted by molar-refractivity contribution is 5.46.